The van der Waals surface area contributed by atoms with Crippen molar-refractivity contribution in [1.29, 1.82) is 0 Å². The van der Waals surface area contributed by atoms with E-state index in [1.54, 1.807) is 6.92 Å². The minimum absolute atomic E-state index is 0.191. The topological polar surface area (TPSA) is 12.0 Å². The lowest BCUT2D eigenvalue weighted by Gasteiger charge is -2.22. The van der Waals surface area contributed by atoms with E-state index in [9.17, 15) is 8.78 Å². The molecule has 0 heterocycles. The average Bonchev–Trinajstić information content (AvgIpc) is 2.34. The summed E-state index contributed by atoms with van der Waals surface area (Å²) in [4.78, 5) is 0. The third-order valence-corrected chi connectivity index (χ3v) is 3.48. The molecule has 2 unspecified atom stereocenters. The molecule has 0 saturated carbocycles. The molecule has 0 aliphatic carbocycles. The van der Waals surface area contributed by atoms with E-state index >= 15 is 0 Å². The molecule has 1 rings (SSSR count). The number of nitrogens with one attached hydrogen (secondary N) is 1. The van der Waals surface area contributed by atoms with Crippen molar-refractivity contribution in [2.24, 2.45) is 5.92 Å². The van der Waals surface area contributed by atoms with Crippen LogP contribution in [0.2, 0.25) is 0 Å². The summed E-state index contributed by atoms with van der Waals surface area (Å²) < 4.78 is 27.2. The number of anilines is 1. The molecule has 102 valence electrons. The summed E-state index contributed by atoms with van der Waals surface area (Å²) in [5.41, 5.74) is 0.612. The molecule has 0 bridgehead atoms. The Kier molecular flexibility index (Phi) is 5.57. The van der Waals surface area contributed by atoms with Crippen molar-refractivity contribution in [1.82, 2.24) is 0 Å². The van der Waals surface area contributed by atoms with Crippen LogP contribution in [0.25, 0.3) is 0 Å². The molecule has 0 aromatic heterocycles. The van der Waals surface area contributed by atoms with Crippen LogP contribution in [0.5, 0.6) is 0 Å². The molecule has 1 nitrogen and oxygen atoms in total. The standard InChI is InChI=1S/C15H23F2N/c1-5-10(3)7-12(6-2)18-15-9-13(16)11(4)8-14(15)17/h8-10,12,18H,5-7H2,1-4H3. The Labute approximate surface area is 109 Å². The first kappa shape index (κ1) is 14.9. The fourth-order valence-electron chi connectivity index (χ4n) is 1.96. The predicted molar refractivity (Wildman–Crippen MR) is 72.9 cm³/mol. The van der Waals surface area contributed by atoms with E-state index in [1.165, 1.54) is 12.1 Å². The van der Waals surface area contributed by atoms with E-state index in [-0.39, 0.29) is 23.4 Å². The van der Waals surface area contributed by atoms with Gasteiger partial charge in [-0.1, -0.05) is 27.2 Å². The van der Waals surface area contributed by atoms with Gasteiger partial charge in [0.25, 0.3) is 0 Å². The normalized spacial score (nSPS) is 14.3. The van der Waals surface area contributed by atoms with E-state index in [0.717, 1.165) is 19.3 Å². The van der Waals surface area contributed by atoms with Crippen LogP contribution in [-0.4, -0.2) is 6.04 Å². The fraction of sp³-hybridized carbons (Fsp3) is 0.600. The summed E-state index contributed by atoms with van der Waals surface area (Å²) in [6, 6.07) is 2.69. The molecule has 18 heavy (non-hydrogen) atoms. The first-order valence-electron chi connectivity index (χ1n) is 6.70. The van der Waals surface area contributed by atoms with Crippen molar-refractivity contribution in [3.8, 4) is 0 Å². The second kappa shape index (κ2) is 6.72. The number of halogens is 2. The lowest BCUT2D eigenvalue weighted by Crippen LogP contribution is -2.22. The van der Waals surface area contributed by atoms with Crippen LogP contribution in [0.15, 0.2) is 12.1 Å². The molecule has 3 heteroatoms. The molecule has 2 atom stereocenters. The molecular formula is C15H23F2N. The van der Waals surface area contributed by atoms with Gasteiger partial charge in [-0.15, -0.1) is 0 Å². The first-order chi connectivity index (χ1) is 8.47. The van der Waals surface area contributed by atoms with Gasteiger partial charge in [0.1, 0.15) is 11.6 Å². The third kappa shape index (κ3) is 3.97. The summed E-state index contributed by atoms with van der Waals surface area (Å²) in [5.74, 6) is -0.158. The van der Waals surface area contributed by atoms with Gasteiger partial charge in [-0.3, -0.25) is 0 Å². The Balaban J connectivity index is 2.78. The van der Waals surface area contributed by atoms with Gasteiger partial charge in [0, 0.05) is 12.1 Å². The second-order valence-electron chi connectivity index (χ2n) is 5.08. The van der Waals surface area contributed by atoms with Crippen molar-refractivity contribution in [3.63, 3.8) is 0 Å². The van der Waals surface area contributed by atoms with Gasteiger partial charge < -0.3 is 5.32 Å². The SMILES string of the molecule is CCC(C)CC(CC)Nc1cc(F)c(C)cc1F. The predicted octanol–water partition coefficient (Wildman–Crippen LogP) is 4.90. The van der Waals surface area contributed by atoms with E-state index in [1.807, 2.05) is 0 Å². The van der Waals surface area contributed by atoms with Crippen molar-refractivity contribution in [2.75, 3.05) is 5.32 Å². The molecule has 0 saturated heterocycles. The first-order valence-corrected chi connectivity index (χ1v) is 6.70. The maximum absolute atomic E-state index is 13.7. The highest BCUT2D eigenvalue weighted by Gasteiger charge is 2.14. The fourth-order valence-corrected chi connectivity index (χ4v) is 1.96. The van der Waals surface area contributed by atoms with Crippen LogP contribution < -0.4 is 5.32 Å². The van der Waals surface area contributed by atoms with E-state index in [2.05, 4.69) is 26.1 Å². The van der Waals surface area contributed by atoms with Crippen LogP contribution >= 0.6 is 0 Å². The number of hydrogen-bond donors (Lipinski definition) is 1. The largest absolute Gasteiger partial charge is 0.380 e. The lowest BCUT2D eigenvalue weighted by molar-refractivity contribution is 0.460. The Bertz CT molecular complexity index is 390. The van der Waals surface area contributed by atoms with E-state index in [0.29, 0.717) is 11.5 Å². The van der Waals surface area contributed by atoms with Crippen LogP contribution in [-0.2, 0) is 0 Å². The molecule has 0 aliphatic rings. The van der Waals surface area contributed by atoms with Crippen molar-refractivity contribution in [2.45, 2.75) is 53.0 Å². The third-order valence-electron chi connectivity index (χ3n) is 3.48. The summed E-state index contributed by atoms with van der Waals surface area (Å²) in [7, 11) is 0. The molecular weight excluding hydrogens is 232 g/mol. The van der Waals surface area contributed by atoms with Gasteiger partial charge in [0.05, 0.1) is 5.69 Å². The average molecular weight is 255 g/mol. The van der Waals surface area contributed by atoms with E-state index < -0.39 is 0 Å². The monoisotopic (exact) mass is 255 g/mol. The Morgan fingerprint density at radius 3 is 2.33 bits per heavy atom. The number of hydrogen-bond acceptors (Lipinski definition) is 1. The molecule has 0 aliphatic heterocycles. The molecule has 0 amide bonds. The smallest absolute Gasteiger partial charge is 0.146 e. The maximum atomic E-state index is 13.7. The van der Waals surface area contributed by atoms with Gasteiger partial charge in [0.15, 0.2) is 0 Å². The molecule has 0 spiro atoms. The highest BCUT2D eigenvalue weighted by atomic mass is 19.1. The number of benzene rings is 1. The zero-order valence-electron chi connectivity index (χ0n) is 11.7. The zero-order valence-corrected chi connectivity index (χ0v) is 11.7. The molecule has 0 radical (unpaired) electrons. The van der Waals surface area contributed by atoms with Gasteiger partial charge in [-0.05, 0) is 37.3 Å². The van der Waals surface area contributed by atoms with Crippen LogP contribution in [0.3, 0.4) is 0 Å². The molecule has 1 aromatic rings. The highest BCUT2D eigenvalue weighted by molar-refractivity contribution is 5.47. The second-order valence-corrected chi connectivity index (χ2v) is 5.08. The van der Waals surface area contributed by atoms with Crippen LogP contribution in [0.4, 0.5) is 14.5 Å². The van der Waals surface area contributed by atoms with Crippen molar-refractivity contribution < 1.29 is 8.78 Å². The van der Waals surface area contributed by atoms with Gasteiger partial charge in [0.2, 0.25) is 0 Å². The van der Waals surface area contributed by atoms with Crippen molar-refractivity contribution in [3.05, 3.63) is 29.3 Å². The summed E-state index contributed by atoms with van der Waals surface area (Å²) in [6.45, 7) is 7.95. The minimum Gasteiger partial charge on any atom is -0.380 e. The zero-order chi connectivity index (χ0) is 13.7. The van der Waals surface area contributed by atoms with E-state index in [4.69, 9.17) is 0 Å². The van der Waals surface area contributed by atoms with Crippen LogP contribution in [0, 0.1) is 24.5 Å². The molecule has 0 fully saturated rings. The number of rotatable bonds is 6. The van der Waals surface area contributed by atoms with Crippen molar-refractivity contribution >= 4 is 5.69 Å². The number of aryl methyl sites for hydroxylation is 1. The Morgan fingerprint density at radius 1 is 1.11 bits per heavy atom. The Morgan fingerprint density at radius 2 is 1.78 bits per heavy atom. The maximum Gasteiger partial charge on any atom is 0.146 e. The highest BCUT2D eigenvalue weighted by Crippen LogP contribution is 2.22. The summed E-state index contributed by atoms with van der Waals surface area (Å²) >= 11 is 0. The molecule has 1 N–H and O–H groups in total. The minimum atomic E-state index is -0.378. The van der Waals surface area contributed by atoms with Gasteiger partial charge in [-0.2, -0.15) is 0 Å². The molecule has 1 aromatic carbocycles. The van der Waals surface area contributed by atoms with Gasteiger partial charge >= 0.3 is 0 Å². The Hall–Kier alpha value is -1.12. The lowest BCUT2D eigenvalue weighted by atomic mass is 9.97. The van der Waals surface area contributed by atoms with Crippen LogP contribution in [0.1, 0.15) is 45.6 Å². The van der Waals surface area contributed by atoms with Gasteiger partial charge in [-0.25, -0.2) is 8.78 Å². The summed E-state index contributed by atoms with van der Waals surface area (Å²) in [5, 5.41) is 3.12. The quantitative estimate of drug-likeness (QED) is 0.762. The summed E-state index contributed by atoms with van der Waals surface area (Å²) in [6.07, 6.45) is 2.98.